The second kappa shape index (κ2) is 9.85. The lowest BCUT2D eigenvalue weighted by Gasteiger charge is -2.32. The number of carbonyl (C=O) groups is 3. The number of aromatic nitrogens is 2. The molecule has 8 nitrogen and oxygen atoms in total. The maximum absolute atomic E-state index is 13.6. The molecule has 0 aliphatic carbocycles. The van der Waals surface area contributed by atoms with E-state index in [9.17, 15) is 14.4 Å². The number of imidazole rings is 1. The fourth-order valence-electron chi connectivity index (χ4n) is 4.67. The van der Waals surface area contributed by atoms with Crippen LogP contribution in [-0.4, -0.2) is 63.7 Å². The van der Waals surface area contributed by atoms with Crippen molar-refractivity contribution in [2.75, 3.05) is 14.1 Å². The van der Waals surface area contributed by atoms with Crippen molar-refractivity contribution in [3.05, 3.63) is 64.9 Å². The van der Waals surface area contributed by atoms with Crippen molar-refractivity contribution in [3.8, 4) is 0 Å². The number of benzene rings is 2. The summed E-state index contributed by atoms with van der Waals surface area (Å²) in [5.41, 5.74) is 2.47. The summed E-state index contributed by atoms with van der Waals surface area (Å²) in [6.45, 7) is 1.45. The van der Waals surface area contributed by atoms with Crippen molar-refractivity contribution in [1.29, 1.82) is 0 Å². The topological polar surface area (TPSA) is 98.4 Å². The molecule has 2 heterocycles. The lowest BCUT2D eigenvalue weighted by molar-refractivity contribution is -0.144. The van der Waals surface area contributed by atoms with E-state index in [0.717, 1.165) is 16.6 Å². The number of carbonyl (C=O) groups excluding carboxylic acids is 3. The van der Waals surface area contributed by atoms with Crippen LogP contribution in [0.15, 0.2) is 48.5 Å². The highest BCUT2D eigenvalue weighted by Crippen LogP contribution is 2.38. The van der Waals surface area contributed by atoms with Gasteiger partial charge in [0.25, 0.3) is 0 Å². The molecule has 34 heavy (non-hydrogen) atoms. The van der Waals surface area contributed by atoms with E-state index in [2.05, 4.69) is 15.3 Å². The SMILES string of the molecule is CC(=O)N[C@H]1C[C@@H](C(=O)N(C)C)N(C(=O)CCc2nc3ccc(Cl)cc3[nH]2)[C@H]1c1ccccc1. The van der Waals surface area contributed by atoms with Crippen molar-refractivity contribution in [3.63, 3.8) is 0 Å². The Labute approximate surface area is 203 Å². The number of aryl methyl sites for hydroxylation is 1. The lowest BCUT2D eigenvalue weighted by Crippen LogP contribution is -2.47. The summed E-state index contributed by atoms with van der Waals surface area (Å²) in [4.78, 5) is 49.6. The molecule has 0 spiro atoms. The number of fused-ring (bicyclic) bond motifs is 1. The monoisotopic (exact) mass is 481 g/mol. The van der Waals surface area contributed by atoms with Crippen LogP contribution in [0.25, 0.3) is 11.0 Å². The Morgan fingerprint density at radius 2 is 1.91 bits per heavy atom. The predicted molar refractivity (Wildman–Crippen MR) is 130 cm³/mol. The minimum absolute atomic E-state index is 0.166. The smallest absolute Gasteiger partial charge is 0.244 e. The van der Waals surface area contributed by atoms with Crippen LogP contribution in [0.2, 0.25) is 5.02 Å². The van der Waals surface area contributed by atoms with Crippen molar-refractivity contribution in [2.45, 2.75) is 44.3 Å². The van der Waals surface area contributed by atoms with Crippen LogP contribution in [0.5, 0.6) is 0 Å². The molecule has 4 rings (SSSR count). The van der Waals surface area contributed by atoms with Gasteiger partial charge in [0, 0.05) is 38.9 Å². The van der Waals surface area contributed by atoms with E-state index in [1.54, 1.807) is 31.1 Å². The van der Waals surface area contributed by atoms with E-state index in [-0.39, 0.29) is 30.2 Å². The van der Waals surface area contributed by atoms with Crippen LogP contribution < -0.4 is 5.32 Å². The number of nitrogens with zero attached hydrogens (tertiary/aromatic N) is 3. The first-order valence-corrected chi connectivity index (χ1v) is 11.6. The average molecular weight is 482 g/mol. The minimum atomic E-state index is -0.668. The molecule has 178 valence electrons. The average Bonchev–Trinajstić information content (AvgIpc) is 3.37. The molecule has 1 aliphatic rings. The number of nitrogens with one attached hydrogen (secondary N) is 2. The van der Waals surface area contributed by atoms with Gasteiger partial charge in [0.15, 0.2) is 0 Å². The summed E-state index contributed by atoms with van der Waals surface area (Å²) >= 11 is 6.06. The van der Waals surface area contributed by atoms with Gasteiger partial charge in [0.2, 0.25) is 17.7 Å². The first-order chi connectivity index (χ1) is 16.2. The molecule has 2 aromatic carbocycles. The Morgan fingerprint density at radius 1 is 1.18 bits per heavy atom. The Morgan fingerprint density at radius 3 is 2.59 bits per heavy atom. The molecular weight excluding hydrogens is 454 g/mol. The molecular formula is C25H28ClN5O3. The molecule has 2 N–H and O–H groups in total. The van der Waals surface area contributed by atoms with Gasteiger partial charge in [-0.2, -0.15) is 0 Å². The molecule has 1 fully saturated rings. The summed E-state index contributed by atoms with van der Waals surface area (Å²) in [5, 5.41) is 3.57. The zero-order valence-electron chi connectivity index (χ0n) is 19.4. The molecule has 1 aliphatic heterocycles. The highest BCUT2D eigenvalue weighted by atomic mass is 35.5. The first kappa shape index (κ1) is 23.8. The highest BCUT2D eigenvalue weighted by Gasteiger charge is 2.48. The third-order valence-corrected chi connectivity index (χ3v) is 6.34. The largest absolute Gasteiger partial charge is 0.351 e. The molecule has 1 saturated heterocycles. The summed E-state index contributed by atoms with van der Waals surface area (Å²) in [7, 11) is 3.35. The Balaban J connectivity index is 1.63. The molecule has 3 aromatic rings. The van der Waals surface area contributed by atoms with Gasteiger partial charge in [-0.3, -0.25) is 14.4 Å². The normalized spacial score (nSPS) is 19.9. The van der Waals surface area contributed by atoms with E-state index < -0.39 is 12.1 Å². The fraction of sp³-hybridized carbons (Fsp3) is 0.360. The van der Waals surface area contributed by atoms with Crippen LogP contribution in [-0.2, 0) is 20.8 Å². The van der Waals surface area contributed by atoms with Crippen LogP contribution in [0.1, 0.15) is 37.2 Å². The van der Waals surface area contributed by atoms with E-state index in [1.807, 2.05) is 36.4 Å². The van der Waals surface area contributed by atoms with Gasteiger partial charge in [-0.15, -0.1) is 0 Å². The maximum Gasteiger partial charge on any atom is 0.244 e. The highest BCUT2D eigenvalue weighted by molar-refractivity contribution is 6.31. The number of hydrogen-bond donors (Lipinski definition) is 2. The second-order valence-corrected chi connectivity index (χ2v) is 9.23. The maximum atomic E-state index is 13.6. The Kier molecular flexibility index (Phi) is 6.88. The van der Waals surface area contributed by atoms with Crippen molar-refractivity contribution < 1.29 is 14.4 Å². The number of likely N-dealkylation sites (tertiary alicyclic amines) is 1. The zero-order valence-corrected chi connectivity index (χ0v) is 20.2. The van der Waals surface area contributed by atoms with Crippen molar-refractivity contribution in [2.24, 2.45) is 0 Å². The third-order valence-electron chi connectivity index (χ3n) is 6.11. The van der Waals surface area contributed by atoms with E-state index in [1.165, 1.54) is 11.8 Å². The Bertz CT molecular complexity index is 1210. The van der Waals surface area contributed by atoms with Gasteiger partial charge in [-0.25, -0.2) is 4.98 Å². The van der Waals surface area contributed by atoms with Crippen LogP contribution in [0.3, 0.4) is 0 Å². The van der Waals surface area contributed by atoms with Crippen LogP contribution >= 0.6 is 11.6 Å². The van der Waals surface area contributed by atoms with Gasteiger partial charge in [-0.1, -0.05) is 41.9 Å². The van der Waals surface area contributed by atoms with Gasteiger partial charge in [0.05, 0.1) is 23.1 Å². The Hall–Kier alpha value is -3.39. The number of aromatic amines is 1. The summed E-state index contributed by atoms with van der Waals surface area (Å²) < 4.78 is 0. The number of H-pyrrole nitrogens is 1. The van der Waals surface area contributed by atoms with Crippen LogP contribution in [0, 0.1) is 0 Å². The van der Waals surface area contributed by atoms with E-state index >= 15 is 0 Å². The molecule has 0 unspecified atom stereocenters. The first-order valence-electron chi connectivity index (χ1n) is 11.2. The van der Waals surface area contributed by atoms with Crippen molar-refractivity contribution >= 4 is 40.4 Å². The molecule has 9 heteroatoms. The summed E-state index contributed by atoms with van der Waals surface area (Å²) in [5.74, 6) is 0.146. The minimum Gasteiger partial charge on any atom is -0.351 e. The predicted octanol–water partition coefficient (Wildman–Crippen LogP) is 3.08. The lowest BCUT2D eigenvalue weighted by atomic mass is 9.99. The van der Waals surface area contributed by atoms with Gasteiger partial charge in [0.1, 0.15) is 11.9 Å². The van der Waals surface area contributed by atoms with Gasteiger partial charge >= 0.3 is 0 Å². The number of rotatable bonds is 6. The summed E-state index contributed by atoms with van der Waals surface area (Å²) in [6, 6.07) is 13.4. The molecule has 1 aromatic heterocycles. The molecule has 0 saturated carbocycles. The van der Waals surface area contributed by atoms with E-state index in [0.29, 0.717) is 23.7 Å². The quantitative estimate of drug-likeness (QED) is 0.565. The molecule has 0 radical (unpaired) electrons. The zero-order chi connectivity index (χ0) is 24.4. The van der Waals surface area contributed by atoms with Crippen molar-refractivity contribution in [1.82, 2.24) is 25.1 Å². The van der Waals surface area contributed by atoms with Gasteiger partial charge in [-0.05, 0) is 30.2 Å². The van der Waals surface area contributed by atoms with Gasteiger partial charge < -0.3 is 20.1 Å². The number of hydrogen-bond acceptors (Lipinski definition) is 4. The van der Waals surface area contributed by atoms with E-state index in [4.69, 9.17) is 11.6 Å². The number of likely N-dealkylation sites (N-methyl/N-ethyl adjacent to an activating group) is 1. The molecule has 3 atom stereocenters. The molecule has 0 bridgehead atoms. The van der Waals surface area contributed by atoms with Crippen LogP contribution in [0.4, 0.5) is 0 Å². The molecule has 3 amide bonds. The second-order valence-electron chi connectivity index (χ2n) is 8.79. The number of amides is 3. The fourth-order valence-corrected chi connectivity index (χ4v) is 4.84. The third kappa shape index (κ3) is 4.92. The summed E-state index contributed by atoms with van der Waals surface area (Å²) in [6.07, 6.45) is 0.905. The standard InChI is InChI=1S/C25H28ClN5O3/c1-15(32)27-20-14-21(25(34)30(2)3)31(24(20)16-7-5-4-6-8-16)23(33)12-11-22-28-18-10-9-17(26)13-19(18)29-22/h4-10,13,20-21,24H,11-12,14H2,1-3H3,(H,27,32)(H,28,29)/t20-,21-,24-/m0/s1. The number of halogens is 1.